The monoisotopic (exact) mass is 329 g/mol. The number of esters is 2. The minimum absolute atomic E-state index is 0. The summed E-state index contributed by atoms with van der Waals surface area (Å²) in [4.78, 5) is 34.0. The van der Waals surface area contributed by atoms with Gasteiger partial charge in [0.05, 0.1) is 0 Å². The number of aliphatic carboxylic acids is 1. The highest BCUT2D eigenvalue weighted by Gasteiger charge is 2.35. The second-order valence-corrected chi connectivity index (χ2v) is 5.23. The van der Waals surface area contributed by atoms with Crippen LogP contribution in [0.5, 0.6) is 0 Å². The van der Waals surface area contributed by atoms with Crippen LogP contribution in [-0.4, -0.2) is 30.1 Å². The lowest BCUT2D eigenvalue weighted by Crippen LogP contribution is -2.46. The van der Waals surface area contributed by atoms with Crippen LogP contribution in [0.3, 0.4) is 0 Å². The second-order valence-electron chi connectivity index (χ2n) is 5.23. The minimum atomic E-state index is -1.27. The van der Waals surface area contributed by atoms with E-state index < -0.39 is 35.5 Å². The number of carboxylic acids is 1. The van der Waals surface area contributed by atoms with Crippen LogP contribution >= 0.6 is 0 Å². The van der Waals surface area contributed by atoms with Crippen LogP contribution < -0.4 is 11.3 Å². The third-order valence-corrected chi connectivity index (χ3v) is 3.43. The predicted octanol–water partition coefficient (Wildman–Crippen LogP) is 1.52. The molecule has 0 saturated heterocycles. The minimum Gasteiger partial charge on any atom is -0.550 e. The number of ether oxygens (including phenoxy) is 2. The van der Waals surface area contributed by atoms with Crippen LogP contribution in [0.4, 0.5) is 0 Å². The molecular formula is C16H27NO6. The highest BCUT2D eigenvalue weighted by atomic mass is 16.5. The average Bonchev–Trinajstić information content (AvgIpc) is 2.45. The van der Waals surface area contributed by atoms with E-state index in [2.05, 4.69) is 13.2 Å². The Hall–Kier alpha value is -2.15. The zero-order valence-corrected chi connectivity index (χ0v) is 14.3. The van der Waals surface area contributed by atoms with Gasteiger partial charge in [-0.05, 0) is 33.1 Å². The maximum Gasteiger partial charge on any atom is 0.330 e. The fraction of sp³-hybridized carbons (Fsp3) is 0.562. The number of quaternary nitrogens is 1. The van der Waals surface area contributed by atoms with Gasteiger partial charge in [-0.15, -0.1) is 0 Å². The molecule has 0 saturated carbocycles. The van der Waals surface area contributed by atoms with Crippen molar-refractivity contribution in [2.45, 2.75) is 52.2 Å². The standard InChI is InChI=1S/C16H24O6.H3N/c1-6-13(17)21-11(4)9-16(8-3,15(19)20)10-12(5)22-14(18)7-2;/h6-7,11-12H,1-2,8-10H2,3-5H3,(H,19,20);1H3. The van der Waals surface area contributed by atoms with E-state index in [1.165, 1.54) is 0 Å². The number of carboxylic acid groups (broad SMARTS) is 1. The number of rotatable bonds is 10. The van der Waals surface area contributed by atoms with Gasteiger partial charge < -0.3 is 25.5 Å². The van der Waals surface area contributed by atoms with Gasteiger partial charge in [0.2, 0.25) is 0 Å². The average molecular weight is 329 g/mol. The topological polar surface area (TPSA) is 129 Å². The zero-order chi connectivity index (χ0) is 17.3. The lowest BCUT2D eigenvalue weighted by Gasteiger charge is -2.37. The molecule has 0 aliphatic carbocycles. The normalized spacial score (nSPS) is 15.1. The molecule has 0 aliphatic rings. The highest BCUT2D eigenvalue weighted by Crippen LogP contribution is 2.34. The summed E-state index contributed by atoms with van der Waals surface area (Å²) in [5, 5.41) is 11.6. The first kappa shape index (κ1) is 23.1. The number of carbonyl (C=O) groups excluding carboxylic acids is 3. The van der Waals surface area contributed by atoms with Crippen LogP contribution in [0, 0.1) is 5.41 Å². The Morgan fingerprint density at radius 1 is 1.04 bits per heavy atom. The maximum atomic E-state index is 11.6. The lowest BCUT2D eigenvalue weighted by molar-refractivity contribution is -0.322. The smallest absolute Gasteiger partial charge is 0.330 e. The molecule has 7 heteroatoms. The van der Waals surface area contributed by atoms with Crippen LogP contribution in [0.25, 0.3) is 0 Å². The number of hydrogen-bond acceptors (Lipinski definition) is 6. The zero-order valence-electron chi connectivity index (χ0n) is 14.3. The largest absolute Gasteiger partial charge is 0.550 e. The molecule has 0 fully saturated rings. The SMILES string of the molecule is C=CC(=O)OC(C)CC(CC)(CC(C)OC(=O)C=C)C(=O)[O-].[NH4+]. The van der Waals surface area contributed by atoms with Gasteiger partial charge in [0.25, 0.3) is 0 Å². The molecule has 23 heavy (non-hydrogen) atoms. The molecule has 4 N–H and O–H groups in total. The molecule has 0 aromatic carbocycles. The van der Waals surface area contributed by atoms with E-state index in [0.29, 0.717) is 0 Å². The number of carbonyl (C=O) groups is 3. The Morgan fingerprint density at radius 2 is 1.39 bits per heavy atom. The molecule has 0 aliphatic heterocycles. The summed E-state index contributed by atoms with van der Waals surface area (Å²) >= 11 is 0. The Kier molecular flexibility index (Phi) is 10.6. The van der Waals surface area contributed by atoms with Crippen LogP contribution in [0.15, 0.2) is 25.3 Å². The van der Waals surface area contributed by atoms with Gasteiger partial charge in [-0.1, -0.05) is 20.1 Å². The van der Waals surface area contributed by atoms with Crippen molar-refractivity contribution in [1.82, 2.24) is 6.15 Å². The van der Waals surface area contributed by atoms with Crippen LogP contribution in [-0.2, 0) is 23.9 Å². The lowest BCUT2D eigenvalue weighted by atomic mass is 9.75. The summed E-state index contributed by atoms with van der Waals surface area (Å²) in [6.07, 6.45) is 1.12. The van der Waals surface area contributed by atoms with E-state index in [4.69, 9.17) is 9.47 Å². The van der Waals surface area contributed by atoms with Crippen LogP contribution in [0.2, 0.25) is 0 Å². The third kappa shape index (κ3) is 7.60. The molecule has 0 bridgehead atoms. The van der Waals surface area contributed by atoms with Gasteiger partial charge in [0, 0.05) is 23.5 Å². The van der Waals surface area contributed by atoms with Crippen molar-refractivity contribution < 1.29 is 29.0 Å². The molecule has 0 aromatic rings. The van der Waals surface area contributed by atoms with E-state index >= 15 is 0 Å². The van der Waals surface area contributed by atoms with Crippen molar-refractivity contribution in [1.29, 1.82) is 0 Å². The van der Waals surface area contributed by atoms with Crippen molar-refractivity contribution in [2.24, 2.45) is 5.41 Å². The Bertz CT molecular complexity index is 416. The molecule has 2 unspecified atom stereocenters. The fourth-order valence-corrected chi connectivity index (χ4v) is 2.36. The first-order chi connectivity index (χ1) is 10.2. The summed E-state index contributed by atoms with van der Waals surface area (Å²) < 4.78 is 10.0. The summed E-state index contributed by atoms with van der Waals surface area (Å²) in [6, 6.07) is 0. The van der Waals surface area contributed by atoms with E-state index in [-0.39, 0.29) is 25.4 Å². The maximum absolute atomic E-state index is 11.6. The molecule has 2 atom stereocenters. The summed E-state index contributed by atoms with van der Waals surface area (Å²) in [5.41, 5.74) is -1.26. The van der Waals surface area contributed by atoms with Gasteiger partial charge in [-0.25, -0.2) is 9.59 Å². The van der Waals surface area contributed by atoms with Crippen molar-refractivity contribution >= 4 is 17.9 Å². The van der Waals surface area contributed by atoms with Gasteiger partial charge in [0.15, 0.2) is 0 Å². The number of hydrogen-bond donors (Lipinski definition) is 1. The van der Waals surface area contributed by atoms with Gasteiger partial charge in [0.1, 0.15) is 12.2 Å². The van der Waals surface area contributed by atoms with Crippen molar-refractivity contribution in [3.05, 3.63) is 25.3 Å². The Labute approximate surface area is 136 Å². The van der Waals surface area contributed by atoms with Gasteiger partial charge in [-0.2, -0.15) is 0 Å². The summed E-state index contributed by atoms with van der Waals surface area (Å²) in [6.45, 7) is 11.5. The van der Waals surface area contributed by atoms with Crippen molar-refractivity contribution in [2.75, 3.05) is 0 Å². The Morgan fingerprint density at radius 3 is 1.61 bits per heavy atom. The van der Waals surface area contributed by atoms with Gasteiger partial charge in [-0.3, -0.25) is 0 Å². The molecule has 0 aromatic heterocycles. The third-order valence-electron chi connectivity index (χ3n) is 3.43. The Balaban J connectivity index is 0. The second kappa shape index (κ2) is 10.6. The molecule has 0 radical (unpaired) electrons. The van der Waals surface area contributed by atoms with E-state index in [0.717, 1.165) is 12.2 Å². The molecule has 0 amide bonds. The molecule has 0 spiro atoms. The molecule has 0 heterocycles. The summed E-state index contributed by atoms with van der Waals surface area (Å²) in [5.74, 6) is -2.51. The summed E-state index contributed by atoms with van der Waals surface area (Å²) in [7, 11) is 0. The van der Waals surface area contributed by atoms with Gasteiger partial charge >= 0.3 is 11.9 Å². The van der Waals surface area contributed by atoms with E-state index in [9.17, 15) is 19.5 Å². The van der Waals surface area contributed by atoms with Crippen molar-refractivity contribution in [3.63, 3.8) is 0 Å². The highest BCUT2D eigenvalue weighted by molar-refractivity contribution is 5.82. The molecule has 0 rings (SSSR count). The molecule has 132 valence electrons. The first-order valence-corrected chi connectivity index (χ1v) is 7.08. The van der Waals surface area contributed by atoms with Crippen molar-refractivity contribution in [3.8, 4) is 0 Å². The van der Waals surface area contributed by atoms with E-state index in [1.54, 1.807) is 20.8 Å². The van der Waals surface area contributed by atoms with E-state index in [1.807, 2.05) is 0 Å². The predicted molar refractivity (Wildman–Crippen MR) is 84.5 cm³/mol. The first-order valence-electron chi connectivity index (χ1n) is 7.08. The molecular weight excluding hydrogens is 302 g/mol. The van der Waals surface area contributed by atoms with Crippen LogP contribution in [0.1, 0.15) is 40.0 Å². The molecule has 7 nitrogen and oxygen atoms in total. The fourth-order valence-electron chi connectivity index (χ4n) is 2.36. The quantitative estimate of drug-likeness (QED) is 0.478.